The van der Waals surface area contributed by atoms with Crippen LogP contribution in [0.15, 0.2) is 30.3 Å². The van der Waals surface area contributed by atoms with Crippen LogP contribution < -0.4 is 5.32 Å². The van der Waals surface area contributed by atoms with Crippen LogP contribution in [0.3, 0.4) is 0 Å². The summed E-state index contributed by atoms with van der Waals surface area (Å²) in [5, 5.41) is 2.52. The second-order valence-electron chi connectivity index (χ2n) is 3.51. The third kappa shape index (κ3) is 2.34. The van der Waals surface area contributed by atoms with E-state index >= 15 is 0 Å². The Kier molecular flexibility index (Phi) is 2.67. The van der Waals surface area contributed by atoms with Crippen LogP contribution >= 0.6 is 0 Å². The van der Waals surface area contributed by atoms with E-state index in [2.05, 4.69) is 5.32 Å². The summed E-state index contributed by atoms with van der Waals surface area (Å²) in [7, 11) is 0. The molecule has 2 amide bonds. The Bertz CT molecular complexity index is 375. The van der Waals surface area contributed by atoms with E-state index in [4.69, 9.17) is 0 Å². The normalized spacial score (nSPS) is 16.4. The largest absolute Gasteiger partial charge is 0.345 e. The van der Waals surface area contributed by atoms with Gasteiger partial charge in [-0.1, -0.05) is 30.3 Å². The summed E-state index contributed by atoms with van der Waals surface area (Å²) < 4.78 is 0. The molecule has 1 saturated heterocycles. The summed E-state index contributed by atoms with van der Waals surface area (Å²) in [6.45, 7) is 0.784. The van der Waals surface area contributed by atoms with Crippen molar-refractivity contribution in [3.63, 3.8) is 0 Å². The lowest BCUT2D eigenvalue weighted by Gasteiger charge is -2.26. The second kappa shape index (κ2) is 4.13. The highest BCUT2D eigenvalue weighted by atomic mass is 16.2. The zero-order chi connectivity index (χ0) is 10.7. The van der Waals surface area contributed by atoms with E-state index in [0.717, 1.165) is 5.56 Å². The van der Waals surface area contributed by atoms with Crippen molar-refractivity contribution in [2.45, 2.75) is 6.54 Å². The molecule has 78 valence electrons. The van der Waals surface area contributed by atoms with Crippen LogP contribution in [0, 0.1) is 0 Å². The summed E-state index contributed by atoms with van der Waals surface area (Å²) in [5.41, 5.74) is 1.04. The van der Waals surface area contributed by atoms with Gasteiger partial charge in [-0.05, 0) is 5.56 Å². The van der Waals surface area contributed by atoms with Crippen molar-refractivity contribution >= 4 is 11.8 Å². The molecule has 1 aromatic rings. The molecule has 0 unspecified atom stereocenters. The van der Waals surface area contributed by atoms with Crippen LogP contribution in [0.4, 0.5) is 0 Å². The van der Waals surface area contributed by atoms with Crippen molar-refractivity contribution in [3.8, 4) is 0 Å². The van der Waals surface area contributed by atoms with Gasteiger partial charge in [0.2, 0.25) is 11.8 Å². The zero-order valence-electron chi connectivity index (χ0n) is 8.27. The number of hydrogen-bond donors (Lipinski definition) is 1. The fourth-order valence-electron chi connectivity index (χ4n) is 1.55. The fraction of sp³-hybridized carbons (Fsp3) is 0.273. The van der Waals surface area contributed by atoms with Crippen LogP contribution in [0.2, 0.25) is 0 Å². The lowest BCUT2D eigenvalue weighted by molar-refractivity contribution is -0.141. The summed E-state index contributed by atoms with van der Waals surface area (Å²) in [4.78, 5) is 24.1. The quantitative estimate of drug-likeness (QED) is 0.745. The van der Waals surface area contributed by atoms with Gasteiger partial charge in [-0.3, -0.25) is 9.59 Å². The predicted molar refractivity (Wildman–Crippen MR) is 54.9 cm³/mol. The first-order valence-corrected chi connectivity index (χ1v) is 4.84. The van der Waals surface area contributed by atoms with E-state index in [9.17, 15) is 9.59 Å². The number of nitrogens with zero attached hydrogens (tertiary/aromatic N) is 1. The van der Waals surface area contributed by atoms with Gasteiger partial charge in [-0.25, -0.2) is 0 Å². The highest BCUT2D eigenvalue weighted by Gasteiger charge is 2.22. The monoisotopic (exact) mass is 204 g/mol. The van der Waals surface area contributed by atoms with Gasteiger partial charge in [0.15, 0.2) is 0 Å². The molecule has 1 N–H and O–H groups in total. The van der Waals surface area contributed by atoms with Crippen LogP contribution in [0.25, 0.3) is 0 Å². The molecule has 0 spiro atoms. The molecule has 4 nitrogen and oxygen atoms in total. The third-order valence-corrected chi connectivity index (χ3v) is 2.34. The number of nitrogens with one attached hydrogen (secondary N) is 1. The maximum atomic E-state index is 11.5. The summed E-state index contributed by atoms with van der Waals surface area (Å²) in [6.07, 6.45) is 0. The molecule has 1 aliphatic rings. The highest BCUT2D eigenvalue weighted by Crippen LogP contribution is 2.05. The van der Waals surface area contributed by atoms with Gasteiger partial charge in [0, 0.05) is 6.54 Å². The smallest absolute Gasteiger partial charge is 0.242 e. The molecule has 2 rings (SSSR count). The van der Waals surface area contributed by atoms with Crippen LogP contribution in [-0.4, -0.2) is 29.8 Å². The Hall–Kier alpha value is -1.84. The van der Waals surface area contributed by atoms with E-state index in [0.29, 0.717) is 6.54 Å². The summed E-state index contributed by atoms with van der Waals surface area (Å²) in [6, 6.07) is 9.65. The topological polar surface area (TPSA) is 49.4 Å². The second-order valence-corrected chi connectivity index (χ2v) is 3.51. The molecule has 1 aliphatic heterocycles. The SMILES string of the molecule is O=C1CN(Cc2ccccc2)C(=O)CN1. The number of amides is 2. The number of carbonyl (C=O) groups excluding carboxylic acids is 2. The van der Waals surface area contributed by atoms with Gasteiger partial charge in [-0.2, -0.15) is 0 Å². The van der Waals surface area contributed by atoms with Gasteiger partial charge in [0.05, 0.1) is 13.1 Å². The van der Waals surface area contributed by atoms with Crippen LogP contribution in [0.1, 0.15) is 5.56 Å². The van der Waals surface area contributed by atoms with Gasteiger partial charge < -0.3 is 10.2 Å². The van der Waals surface area contributed by atoms with E-state index < -0.39 is 0 Å². The predicted octanol–water partition coefficient (Wildman–Crippen LogP) is 0.145. The molecule has 1 aromatic carbocycles. The minimum absolute atomic E-state index is 0.0292. The molecule has 0 saturated carbocycles. The van der Waals surface area contributed by atoms with Gasteiger partial charge >= 0.3 is 0 Å². The Labute approximate surface area is 87.9 Å². The van der Waals surface area contributed by atoms with E-state index in [1.165, 1.54) is 0 Å². The first-order valence-electron chi connectivity index (χ1n) is 4.84. The molecule has 1 heterocycles. The van der Waals surface area contributed by atoms with Gasteiger partial charge in [0.25, 0.3) is 0 Å². The molecule has 1 fully saturated rings. The van der Waals surface area contributed by atoms with Gasteiger partial charge in [0.1, 0.15) is 0 Å². The molecule has 0 atom stereocenters. The Morgan fingerprint density at radius 1 is 1.20 bits per heavy atom. The van der Waals surface area contributed by atoms with E-state index in [1.807, 2.05) is 30.3 Å². The maximum absolute atomic E-state index is 11.5. The zero-order valence-corrected chi connectivity index (χ0v) is 8.27. The Balaban J connectivity index is 2.05. The minimum Gasteiger partial charge on any atom is -0.345 e. The van der Waals surface area contributed by atoms with E-state index in [-0.39, 0.29) is 24.9 Å². The van der Waals surface area contributed by atoms with Crippen molar-refractivity contribution in [1.29, 1.82) is 0 Å². The van der Waals surface area contributed by atoms with E-state index in [1.54, 1.807) is 4.90 Å². The molecule has 0 aromatic heterocycles. The Morgan fingerprint density at radius 2 is 1.93 bits per heavy atom. The van der Waals surface area contributed by atoms with Crippen LogP contribution in [-0.2, 0) is 16.1 Å². The van der Waals surface area contributed by atoms with Crippen molar-refractivity contribution in [2.24, 2.45) is 0 Å². The third-order valence-electron chi connectivity index (χ3n) is 2.34. The van der Waals surface area contributed by atoms with Crippen LogP contribution in [0.5, 0.6) is 0 Å². The number of benzene rings is 1. The van der Waals surface area contributed by atoms with Gasteiger partial charge in [-0.15, -0.1) is 0 Å². The summed E-state index contributed by atoms with van der Waals surface area (Å²) in [5.74, 6) is -0.121. The lowest BCUT2D eigenvalue weighted by Crippen LogP contribution is -2.50. The average molecular weight is 204 g/mol. The molecule has 15 heavy (non-hydrogen) atoms. The number of hydrogen-bond acceptors (Lipinski definition) is 2. The molecular weight excluding hydrogens is 192 g/mol. The maximum Gasteiger partial charge on any atom is 0.242 e. The first-order chi connectivity index (χ1) is 7.25. The standard InChI is InChI=1S/C11H12N2O2/c14-10-8-13(11(15)6-12-10)7-9-4-2-1-3-5-9/h1-5H,6-8H2,(H,12,14). The van der Waals surface area contributed by atoms with Crippen molar-refractivity contribution in [2.75, 3.05) is 13.1 Å². The number of carbonyl (C=O) groups is 2. The van der Waals surface area contributed by atoms with Crippen molar-refractivity contribution in [3.05, 3.63) is 35.9 Å². The Morgan fingerprint density at radius 3 is 2.67 bits per heavy atom. The van der Waals surface area contributed by atoms with Crippen molar-refractivity contribution < 1.29 is 9.59 Å². The van der Waals surface area contributed by atoms with Crippen molar-refractivity contribution in [1.82, 2.24) is 10.2 Å². The molecule has 0 bridgehead atoms. The molecular formula is C11H12N2O2. The molecule has 0 aliphatic carbocycles. The highest BCUT2D eigenvalue weighted by molar-refractivity contribution is 5.92. The fourth-order valence-corrected chi connectivity index (χ4v) is 1.55. The number of piperazine rings is 1. The number of rotatable bonds is 2. The average Bonchev–Trinajstić information content (AvgIpc) is 2.25. The summed E-state index contributed by atoms with van der Waals surface area (Å²) >= 11 is 0. The first kappa shape index (κ1) is 9.71. The lowest BCUT2D eigenvalue weighted by atomic mass is 10.2. The molecule has 4 heteroatoms. The minimum atomic E-state index is -0.0921. The molecule has 0 radical (unpaired) electrons.